The Morgan fingerprint density at radius 1 is 1.25 bits per heavy atom. The van der Waals surface area contributed by atoms with Crippen LogP contribution in [0, 0.1) is 12.5 Å². The molecule has 8 heavy (non-hydrogen) atoms. The van der Waals surface area contributed by atoms with E-state index in [-0.39, 0.29) is 0 Å². The monoisotopic (exact) mass is 114 g/mol. The van der Waals surface area contributed by atoms with Crippen molar-refractivity contribution < 1.29 is 0 Å². The Bertz CT molecular complexity index is 50.3. The number of hydrogen-bond donors (Lipinski definition) is 1. The van der Waals surface area contributed by atoms with Gasteiger partial charge in [0.05, 0.1) is 0 Å². The first-order chi connectivity index (χ1) is 3.68. The second-order valence-corrected chi connectivity index (χ2v) is 2.49. The molecule has 1 N–H and O–H groups in total. The highest BCUT2D eigenvalue weighted by molar-refractivity contribution is 4.66. The molecule has 0 amide bonds. The van der Waals surface area contributed by atoms with Crippen LogP contribution in [0.15, 0.2) is 0 Å². The minimum atomic E-state index is 0.611. The first kappa shape index (κ1) is 7.96. The topological polar surface area (TPSA) is 12.0 Å². The second kappa shape index (κ2) is 3.90. The third-order valence-corrected chi connectivity index (χ3v) is 1.43. The van der Waals surface area contributed by atoms with Gasteiger partial charge in [-0.2, -0.15) is 0 Å². The standard InChI is InChI=1S/C7H16N/c1-5-8-7(4)6(2)3/h5-8H,1-4H3. The van der Waals surface area contributed by atoms with Gasteiger partial charge in [-0.3, -0.25) is 0 Å². The Labute approximate surface area is 52.5 Å². The molecule has 0 rings (SSSR count). The maximum absolute atomic E-state index is 3.22. The molecular weight excluding hydrogens is 98.1 g/mol. The normalized spacial score (nSPS) is 14.6. The molecule has 0 heterocycles. The van der Waals surface area contributed by atoms with Crippen LogP contribution < -0.4 is 5.32 Å². The Morgan fingerprint density at radius 3 is 1.88 bits per heavy atom. The number of rotatable bonds is 3. The molecular formula is C7H16N. The summed E-state index contributed by atoms with van der Waals surface area (Å²) in [6, 6.07) is 0.611. The summed E-state index contributed by atoms with van der Waals surface area (Å²) in [5.74, 6) is 0.728. The summed E-state index contributed by atoms with van der Waals surface area (Å²) in [6.07, 6.45) is 0. The van der Waals surface area contributed by atoms with E-state index in [9.17, 15) is 0 Å². The van der Waals surface area contributed by atoms with E-state index in [0.717, 1.165) is 5.92 Å². The fourth-order valence-electron chi connectivity index (χ4n) is 0.455. The fraction of sp³-hybridized carbons (Fsp3) is 0.857. The molecule has 1 heteroatoms. The first-order valence-corrected chi connectivity index (χ1v) is 3.22. The van der Waals surface area contributed by atoms with Crippen molar-refractivity contribution >= 4 is 0 Å². The van der Waals surface area contributed by atoms with Gasteiger partial charge in [0, 0.05) is 12.6 Å². The van der Waals surface area contributed by atoms with Crippen molar-refractivity contribution in [2.45, 2.75) is 33.7 Å². The summed E-state index contributed by atoms with van der Waals surface area (Å²) in [6.45, 7) is 10.6. The van der Waals surface area contributed by atoms with Crippen molar-refractivity contribution in [3.8, 4) is 0 Å². The Balaban J connectivity index is 3.17. The van der Waals surface area contributed by atoms with E-state index in [1.165, 1.54) is 0 Å². The van der Waals surface area contributed by atoms with Crippen LogP contribution >= 0.6 is 0 Å². The maximum atomic E-state index is 3.22. The van der Waals surface area contributed by atoms with E-state index in [1.54, 1.807) is 0 Å². The van der Waals surface area contributed by atoms with Gasteiger partial charge >= 0.3 is 0 Å². The highest BCUT2D eigenvalue weighted by Gasteiger charge is 2.02. The predicted molar refractivity (Wildman–Crippen MR) is 37.4 cm³/mol. The quantitative estimate of drug-likeness (QED) is 0.590. The predicted octanol–water partition coefficient (Wildman–Crippen LogP) is 1.80. The van der Waals surface area contributed by atoms with E-state index in [4.69, 9.17) is 0 Å². The van der Waals surface area contributed by atoms with Crippen molar-refractivity contribution in [2.75, 3.05) is 0 Å². The molecule has 0 fully saturated rings. The van der Waals surface area contributed by atoms with Gasteiger partial charge in [0.25, 0.3) is 0 Å². The zero-order chi connectivity index (χ0) is 6.57. The van der Waals surface area contributed by atoms with Gasteiger partial charge in [-0.25, -0.2) is 0 Å². The van der Waals surface area contributed by atoms with Crippen molar-refractivity contribution in [1.82, 2.24) is 5.32 Å². The molecule has 0 aliphatic carbocycles. The van der Waals surface area contributed by atoms with Gasteiger partial charge in [0.2, 0.25) is 0 Å². The molecule has 1 radical (unpaired) electrons. The molecule has 49 valence electrons. The van der Waals surface area contributed by atoms with E-state index in [2.05, 4.69) is 26.1 Å². The Hall–Kier alpha value is -0.0400. The lowest BCUT2D eigenvalue weighted by Crippen LogP contribution is -2.27. The fourth-order valence-corrected chi connectivity index (χ4v) is 0.455. The van der Waals surface area contributed by atoms with Crippen LogP contribution in [0.4, 0.5) is 0 Å². The van der Waals surface area contributed by atoms with Gasteiger partial charge in [-0.1, -0.05) is 13.8 Å². The average molecular weight is 114 g/mol. The zero-order valence-corrected chi connectivity index (χ0v) is 6.23. The molecule has 0 aromatic heterocycles. The maximum Gasteiger partial charge on any atom is 0.0192 e. The average Bonchev–Trinajstić information content (AvgIpc) is 1.67. The van der Waals surface area contributed by atoms with Crippen LogP contribution in [0.3, 0.4) is 0 Å². The number of hydrogen-bond acceptors (Lipinski definition) is 1. The third-order valence-electron chi connectivity index (χ3n) is 1.43. The molecule has 0 aromatic carbocycles. The molecule has 1 nitrogen and oxygen atoms in total. The summed E-state index contributed by atoms with van der Waals surface area (Å²) in [5, 5.41) is 3.22. The van der Waals surface area contributed by atoms with Gasteiger partial charge in [0.1, 0.15) is 0 Å². The largest absolute Gasteiger partial charge is 0.310 e. The Morgan fingerprint density at radius 2 is 1.75 bits per heavy atom. The smallest absolute Gasteiger partial charge is 0.0192 e. The van der Waals surface area contributed by atoms with Crippen LogP contribution in [0.1, 0.15) is 27.7 Å². The molecule has 0 spiro atoms. The molecule has 0 saturated carbocycles. The van der Waals surface area contributed by atoms with E-state index in [1.807, 2.05) is 13.5 Å². The van der Waals surface area contributed by atoms with Crippen LogP contribution in [0.5, 0.6) is 0 Å². The summed E-state index contributed by atoms with van der Waals surface area (Å²) in [7, 11) is 0. The number of nitrogens with one attached hydrogen (secondary N) is 1. The summed E-state index contributed by atoms with van der Waals surface area (Å²) in [5.41, 5.74) is 0. The summed E-state index contributed by atoms with van der Waals surface area (Å²) >= 11 is 0. The molecule has 1 atom stereocenters. The lowest BCUT2D eigenvalue weighted by molar-refractivity contribution is 0.459. The highest BCUT2D eigenvalue weighted by atomic mass is 14.9. The summed E-state index contributed by atoms with van der Waals surface area (Å²) < 4.78 is 0. The first-order valence-electron chi connectivity index (χ1n) is 3.22. The molecule has 1 unspecified atom stereocenters. The molecule has 0 saturated heterocycles. The third kappa shape index (κ3) is 3.03. The molecule has 0 aliphatic rings. The van der Waals surface area contributed by atoms with Crippen LogP contribution in [0.2, 0.25) is 0 Å². The van der Waals surface area contributed by atoms with Gasteiger partial charge < -0.3 is 5.32 Å². The van der Waals surface area contributed by atoms with Crippen molar-refractivity contribution in [1.29, 1.82) is 0 Å². The van der Waals surface area contributed by atoms with E-state index in [0.29, 0.717) is 6.04 Å². The van der Waals surface area contributed by atoms with Crippen molar-refractivity contribution in [3.63, 3.8) is 0 Å². The van der Waals surface area contributed by atoms with Gasteiger partial charge in [-0.05, 0) is 19.8 Å². The van der Waals surface area contributed by atoms with Crippen LogP contribution in [-0.4, -0.2) is 6.04 Å². The second-order valence-electron chi connectivity index (χ2n) is 2.49. The highest BCUT2D eigenvalue weighted by Crippen LogP contribution is 1.98. The molecule has 0 aromatic rings. The summed E-state index contributed by atoms with van der Waals surface area (Å²) in [4.78, 5) is 0. The zero-order valence-electron chi connectivity index (χ0n) is 6.23. The molecule has 0 aliphatic heterocycles. The van der Waals surface area contributed by atoms with E-state index < -0.39 is 0 Å². The SMILES string of the molecule is C[CH]NC(C)C(C)C. The van der Waals surface area contributed by atoms with Gasteiger partial charge in [-0.15, -0.1) is 0 Å². The van der Waals surface area contributed by atoms with Gasteiger partial charge in [0.15, 0.2) is 0 Å². The van der Waals surface area contributed by atoms with E-state index >= 15 is 0 Å². The lowest BCUT2D eigenvalue weighted by atomic mass is 10.1. The lowest BCUT2D eigenvalue weighted by Gasteiger charge is -2.14. The van der Waals surface area contributed by atoms with Crippen molar-refractivity contribution in [3.05, 3.63) is 6.54 Å². The van der Waals surface area contributed by atoms with Crippen LogP contribution in [-0.2, 0) is 0 Å². The van der Waals surface area contributed by atoms with Crippen LogP contribution in [0.25, 0.3) is 0 Å². The molecule has 0 bridgehead atoms. The minimum absolute atomic E-state index is 0.611. The minimum Gasteiger partial charge on any atom is -0.310 e. The van der Waals surface area contributed by atoms with Crippen molar-refractivity contribution in [2.24, 2.45) is 5.92 Å². The Kier molecular flexibility index (Phi) is 3.88.